The maximum atomic E-state index is 11.7. The zero-order valence-corrected chi connectivity index (χ0v) is 11.6. The lowest BCUT2D eigenvalue weighted by molar-refractivity contribution is -0.136. The summed E-state index contributed by atoms with van der Waals surface area (Å²) >= 11 is 0. The molecule has 0 heterocycles. The van der Waals surface area contributed by atoms with Crippen LogP contribution in [0.5, 0.6) is 0 Å². The molecule has 5 heteroatoms. The molecule has 0 aliphatic heterocycles. The van der Waals surface area contributed by atoms with Gasteiger partial charge in [0, 0.05) is 18.8 Å². The Hall–Kier alpha value is -1.88. The van der Waals surface area contributed by atoms with Gasteiger partial charge in [0.05, 0.1) is 6.61 Å². The van der Waals surface area contributed by atoms with Crippen LogP contribution in [0.4, 0.5) is 5.69 Å². The van der Waals surface area contributed by atoms with Crippen molar-refractivity contribution in [2.24, 2.45) is 5.92 Å². The predicted molar refractivity (Wildman–Crippen MR) is 76.1 cm³/mol. The van der Waals surface area contributed by atoms with Crippen molar-refractivity contribution >= 4 is 17.5 Å². The van der Waals surface area contributed by atoms with Gasteiger partial charge >= 0.3 is 11.8 Å². The SMILES string of the molecule is CCOCc1cccc(NC(=O)C(=O)NCC2CC2)c1. The normalized spacial score (nSPS) is 13.8. The largest absolute Gasteiger partial charge is 0.377 e. The quantitative estimate of drug-likeness (QED) is 0.777. The second-order valence-electron chi connectivity index (χ2n) is 4.95. The van der Waals surface area contributed by atoms with Crippen LogP contribution in [0.3, 0.4) is 0 Å². The van der Waals surface area contributed by atoms with E-state index in [-0.39, 0.29) is 0 Å². The van der Waals surface area contributed by atoms with Gasteiger partial charge in [0.25, 0.3) is 0 Å². The molecule has 0 aromatic heterocycles. The van der Waals surface area contributed by atoms with E-state index in [1.165, 1.54) is 0 Å². The zero-order chi connectivity index (χ0) is 14.4. The van der Waals surface area contributed by atoms with E-state index < -0.39 is 11.8 Å². The summed E-state index contributed by atoms with van der Waals surface area (Å²) in [6.07, 6.45) is 2.28. The molecule has 1 saturated carbocycles. The third-order valence-electron chi connectivity index (χ3n) is 3.11. The summed E-state index contributed by atoms with van der Waals surface area (Å²) in [5.41, 5.74) is 1.57. The summed E-state index contributed by atoms with van der Waals surface area (Å²) in [6.45, 7) is 3.65. The van der Waals surface area contributed by atoms with E-state index in [0.29, 0.717) is 31.4 Å². The van der Waals surface area contributed by atoms with Gasteiger partial charge in [-0.1, -0.05) is 12.1 Å². The topological polar surface area (TPSA) is 67.4 Å². The number of rotatable bonds is 6. The van der Waals surface area contributed by atoms with Crippen molar-refractivity contribution in [1.29, 1.82) is 0 Å². The highest BCUT2D eigenvalue weighted by Gasteiger charge is 2.23. The Morgan fingerprint density at radius 3 is 2.80 bits per heavy atom. The molecule has 1 aromatic rings. The molecule has 0 unspecified atom stereocenters. The van der Waals surface area contributed by atoms with E-state index >= 15 is 0 Å². The van der Waals surface area contributed by atoms with Crippen molar-refractivity contribution < 1.29 is 14.3 Å². The highest BCUT2D eigenvalue weighted by atomic mass is 16.5. The summed E-state index contributed by atoms with van der Waals surface area (Å²) < 4.78 is 5.31. The highest BCUT2D eigenvalue weighted by molar-refractivity contribution is 6.39. The molecule has 5 nitrogen and oxygen atoms in total. The molecule has 1 aliphatic carbocycles. The molecule has 1 aliphatic rings. The Labute approximate surface area is 118 Å². The van der Waals surface area contributed by atoms with Gasteiger partial charge in [0.1, 0.15) is 0 Å². The third-order valence-corrected chi connectivity index (χ3v) is 3.11. The number of ether oxygens (including phenoxy) is 1. The molecule has 0 bridgehead atoms. The zero-order valence-electron chi connectivity index (χ0n) is 11.6. The number of carbonyl (C=O) groups excluding carboxylic acids is 2. The fraction of sp³-hybridized carbons (Fsp3) is 0.467. The average Bonchev–Trinajstić information content (AvgIpc) is 3.27. The van der Waals surface area contributed by atoms with Gasteiger partial charge in [-0.05, 0) is 43.4 Å². The molecule has 1 aromatic carbocycles. The molecule has 1 fully saturated rings. The Kier molecular flexibility index (Phi) is 5.12. The van der Waals surface area contributed by atoms with Gasteiger partial charge in [-0.25, -0.2) is 0 Å². The lowest BCUT2D eigenvalue weighted by atomic mass is 10.2. The smallest absolute Gasteiger partial charge is 0.313 e. The van der Waals surface area contributed by atoms with E-state index in [1.807, 2.05) is 25.1 Å². The van der Waals surface area contributed by atoms with Gasteiger partial charge in [0.2, 0.25) is 0 Å². The van der Waals surface area contributed by atoms with Crippen LogP contribution in [-0.4, -0.2) is 25.0 Å². The van der Waals surface area contributed by atoms with Crippen molar-refractivity contribution in [1.82, 2.24) is 5.32 Å². The van der Waals surface area contributed by atoms with Gasteiger partial charge in [0.15, 0.2) is 0 Å². The Bertz CT molecular complexity index is 484. The number of amides is 2. The minimum absolute atomic E-state index is 0.494. The summed E-state index contributed by atoms with van der Waals surface area (Å²) in [4.78, 5) is 23.3. The molecule has 0 atom stereocenters. The molecule has 0 spiro atoms. The van der Waals surface area contributed by atoms with Crippen LogP contribution < -0.4 is 10.6 Å². The summed E-state index contributed by atoms with van der Waals surface area (Å²) in [6, 6.07) is 7.30. The third kappa shape index (κ3) is 4.66. The Morgan fingerprint density at radius 1 is 1.30 bits per heavy atom. The first kappa shape index (κ1) is 14.5. The van der Waals surface area contributed by atoms with Crippen LogP contribution in [0, 0.1) is 5.92 Å². The summed E-state index contributed by atoms with van der Waals surface area (Å²) in [7, 11) is 0. The van der Waals surface area contributed by atoms with Crippen LogP contribution in [-0.2, 0) is 20.9 Å². The van der Waals surface area contributed by atoms with E-state index in [4.69, 9.17) is 4.74 Å². The summed E-state index contributed by atoms with van der Waals surface area (Å²) in [5, 5.41) is 5.23. The maximum Gasteiger partial charge on any atom is 0.313 e. The molecular weight excluding hydrogens is 256 g/mol. The molecule has 108 valence electrons. The van der Waals surface area contributed by atoms with Crippen molar-refractivity contribution in [2.45, 2.75) is 26.4 Å². The monoisotopic (exact) mass is 276 g/mol. The van der Waals surface area contributed by atoms with Crippen LogP contribution in [0.1, 0.15) is 25.3 Å². The Morgan fingerprint density at radius 2 is 2.10 bits per heavy atom. The van der Waals surface area contributed by atoms with E-state index in [2.05, 4.69) is 10.6 Å². The van der Waals surface area contributed by atoms with Crippen LogP contribution in [0.15, 0.2) is 24.3 Å². The van der Waals surface area contributed by atoms with Crippen molar-refractivity contribution in [3.05, 3.63) is 29.8 Å². The van der Waals surface area contributed by atoms with Gasteiger partial charge in [-0.3, -0.25) is 9.59 Å². The second kappa shape index (κ2) is 7.05. The van der Waals surface area contributed by atoms with Crippen molar-refractivity contribution in [3.63, 3.8) is 0 Å². The fourth-order valence-electron chi connectivity index (χ4n) is 1.79. The second-order valence-corrected chi connectivity index (χ2v) is 4.95. The highest BCUT2D eigenvalue weighted by Crippen LogP contribution is 2.27. The number of carbonyl (C=O) groups is 2. The number of benzene rings is 1. The standard InChI is InChI=1S/C15H20N2O3/c1-2-20-10-12-4-3-5-13(8-12)17-15(19)14(18)16-9-11-6-7-11/h3-5,8,11H,2,6-7,9-10H2,1H3,(H,16,18)(H,17,19). The average molecular weight is 276 g/mol. The number of anilines is 1. The molecule has 2 N–H and O–H groups in total. The van der Waals surface area contributed by atoms with E-state index in [0.717, 1.165) is 18.4 Å². The molecule has 2 amide bonds. The molecular formula is C15H20N2O3. The van der Waals surface area contributed by atoms with E-state index in [9.17, 15) is 9.59 Å². The van der Waals surface area contributed by atoms with Gasteiger partial charge in [-0.2, -0.15) is 0 Å². The molecule has 2 rings (SSSR count). The van der Waals surface area contributed by atoms with Crippen LogP contribution >= 0.6 is 0 Å². The van der Waals surface area contributed by atoms with Gasteiger partial charge < -0.3 is 15.4 Å². The minimum Gasteiger partial charge on any atom is -0.377 e. The first-order valence-corrected chi connectivity index (χ1v) is 6.95. The molecule has 0 radical (unpaired) electrons. The van der Waals surface area contributed by atoms with Crippen LogP contribution in [0.25, 0.3) is 0 Å². The number of nitrogens with one attached hydrogen (secondary N) is 2. The Balaban J connectivity index is 1.84. The fourth-order valence-corrected chi connectivity index (χ4v) is 1.79. The lowest BCUT2D eigenvalue weighted by Gasteiger charge is -2.08. The minimum atomic E-state index is -0.626. The predicted octanol–water partition coefficient (Wildman–Crippen LogP) is 1.69. The summed E-state index contributed by atoms with van der Waals surface area (Å²) in [5.74, 6) is -0.646. The van der Waals surface area contributed by atoms with Crippen LogP contribution in [0.2, 0.25) is 0 Å². The first-order valence-electron chi connectivity index (χ1n) is 6.95. The first-order chi connectivity index (χ1) is 9.69. The molecule has 0 saturated heterocycles. The lowest BCUT2D eigenvalue weighted by Crippen LogP contribution is -2.36. The van der Waals surface area contributed by atoms with Crippen molar-refractivity contribution in [3.8, 4) is 0 Å². The van der Waals surface area contributed by atoms with Gasteiger partial charge in [-0.15, -0.1) is 0 Å². The maximum absolute atomic E-state index is 11.7. The molecule has 20 heavy (non-hydrogen) atoms. The van der Waals surface area contributed by atoms with E-state index in [1.54, 1.807) is 6.07 Å². The number of hydrogen-bond acceptors (Lipinski definition) is 3. The van der Waals surface area contributed by atoms with Crippen molar-refractivity contribution in [2.75, 3.05) is 18.5 Å². The number of hydrogen-bond donors (Lipinski definition) is 2.